The van der Waals surface area contributed by atoms with Crippen molar-refractivity contribution in [3.8, 4) is 11.5 Å². The molecule has 1 atom stereocenters. The Hall–Kier alpha value is -3.11. The van der Waals surface area contributed by atoms with Crippen molar-refractivity contribution in [1.29, 1.82) is 0 Å². The molecule has 0 bridgehead atoms. The number of benzene rings is 2. The van der Waals surface area contributed by atoms with E-state index in [0.717, 1.165) is 4.31 Å². The number of para-hydroxylation sites is 2. The van der Waals surface area contributed by atoms with Gasteiger partial charge in [0.15, 0.2) is 0 Å². The van der Waals surface area contributed by atoms with Crippen LogP contribution in [0, 0.1) is 0 Å². The summed E-state index contributed by atoms with van der Waals surface area (Å²) in [6.07, 6.45) is -1.00. The molecule has 1 aliphatic rings. The Morgan fingerprint density at radius 3 is 2.43 bits per heavy atom. The average Bonchev–Trinajstić information content (AvgIpc) is 2.77. The lowest BCUT2D eigenvalue weighted by molar-refractivity contribution is -0.148. The van der Waals surface area contributed by atoms with Crippen molar-refractivity contribution in [1.82, 2.24) is 4.31 Å². The first-order chi connectivity index (χ1) is 14.3. The smallest absolute Gasteiger partial charge is 0.348 e. The monoisotopic (exact) mass is 434 g/mol. The summed E-state index contributed by atoms with van der Waals surface area (Å²) in [6, 6.07) is 12.6. The Bertz CT molecular complexity index is 1040. The van der Waals surface area contributed by atoms with Gasteiger partial charge >= 0.3 is 5.97 Å². The summed E-state index contributed by atoms with van der Waals surface area (Å²) < 4.78 is 42.0. The largest absolute Gasteiger partial charge is 0.497 e. The number of amides is 1. The maximum absolute atomic E-state index is 13.0. The summed E-state index contributed by atoms with van der Waals surface area (Å²) in [6.45, 7) is -0.504. The lowest BCUT2D eigenvalue weighted by Crippen LogP contribution is -2.50. The Balaban J connectivity index is 1.82. The highest BCUT2D eigenvalue weighted by Gasteiger charge is 2.35. The van der Waals surface area contributed by atoms with E-state index in [9.17, 15) is 18.0 Å². The van der Waals surface area contributed by atoms with Gasteiger partial charge in [-0.05, 0) is 36.4 Å². The van der Waals surface area contributed by atoms with Gasteiger partial charge in [-0.3, -0.25) is 4.79 Å². The molecule has 0 N–H and O–H groups in total. The number of likely N-dealkylation sites (N-methyl/N-ethyl adjacent to an activating group) is 1. The molecule has 0 aromatic heterocycles. The van der Waals surface area contributed by atoms with E-state index in [2.05, 4.69) is 0 Å². The molecule has 0 spiro atoms. The topological polar surface area (TPSA) is 102 Å². The Labute approximate surface area is 174 Å². The fourth-order valence-electron chi connectivity index (χ4n) is 3.01. The number of anilines is 1. The van der Waals surface area contributed by atoms with Crippen LogP contribution in [0.1, 0.15) is 0 Å². The number of carbonyl (C=O) groups excluding carboxylic acids is 2. The highest BCUT2D eigenvalue weighted by atomic mass is 32.2. The predicted molar refractivity (Wildman–Crippen MR) is 108 cm³/mol. The van der Waals surface area contributed by atoms with Gasteiger partial charge in [0.05, 0.1) is 37.9 Å². The van der Waals surface area contributed by atoms with Gasteiger partial charge in [0.1, 0.15) is 11.5 Å². The minimum atomic E-state index is -3.90. The fourth-order valence-corrected chi connectivity index (χ4v) is 4.13. The number of nitrogens with zero attached hydrogens (tertiary/aromatic N) is 2. The van der Waals surface area contributed by atoms with E-state index < -0.39 is 34.5 Å². The highest BCUT2D eigenvalue weighted by molar-refractivity contribution is 7.89. The number of ether oxygens (including phenoxy) is 3. The van der Waals surface area contributed by atoms with E-state index in [1.807, 2.05) is 0 Å². The molecule has 160 valence electrons. The number of hydrogen-bond acceptors (Lipinski definition) is 7. The summed E-state index contributed by atoms with van der Waals surface area (Å²) in [5, 5.41) is 0. The number of sulfonamides is 1. The molecule has 2 aromatic rings. The van der Waals surface area contributed by atoms with Crippen LogP contribution in [-0.2, 0) is 24.3 Å². The molecule has 1 amide bonds. The van der Waals surface area contributed by atoms with Crippen LogP contribution in [0.3, 0.4) is 0 Å². The third-order valence-corrected chi connectivity index (χ3v) is 6.48. The average molecular weight is 434 g/mol. The van der Waals surface area contributed by atoms with E-state index in [4.69, 9.17) is 14.2 Å². The molecule has 2 aromatic carbocycles. The zero-order valence-corrected chi connectivity index (χ0v) is 17.6. The molecule has 1 aliphatic heterocycles. The number of methoxy groups -OCH3 is 2. The highest BCUT2D eigenvalue weighted by Crippen LogP contribution is 2.33. The van der Waals surface area contributed by atoms with E-state index in [-0.39, 0.29) is 11.4 Å². The van der Waals surface area contributed by atoms with E-state index >= 15 is 0 Å². The van der Waals surface area contributed by atoms with Gasteiger partial charge in [0.25, 0.3) is 0 Å². The van der Waals surface area contributed by atoms with Crippen LogP contribution in [0.25, 0.3) is 0 Å². The van der Waals surface area contributed by atoms with Crippen molar-refractivity contribution in [2.45, 2.75) is 11.0 Å². The van der Waals surface area contributed by atoms with Crippen molar-refractivity contribution < 1.29 is 32.2 Å². The molecule has 30 heavy (non-hydrogen) atoms. The minimum absolute atomic E-state index is 0.0356. The summed E-state index contributed by atoms with van der Waals surface area (Å²) >= 11 is 0. The first-order valence-corrected chi connectivity index (χ1v) is 10.5. The number of carbonyl (C=O) groups is 2. The van der Waals surface area contributed by atoms with Crippen LogP contribution in [0.4, 0.5) is 5.69 Å². The van der Waals surface area contributed by atoms with Crippen molar-refractivity contribution in [3.05, 3.63) is 48.5 Å². The number of fused-ring (bicyclic) bond motifs is 1. The normalized spacial score (nSPS) is 15.9. The van der Waals surface area contributed by atoms with E-state index in [1.54, 1.807) is 24.3 Å². The number of esters is 1. The lowest BCUT2D eigenvalue weighted by Gasteiger charge is -2.34. The standard InChI is InChI=1S/C20H22N2O7S/c1-21(30(25,26)15-10-8-14(27-2)9-11-15)13-19(23)22-12-18(20(24)28-3)29-17-7-5-4-6-16(17)22/h4-11,18H,12-13H2,1-3H3/t18-/m1/s1. The predicted octanol–water partition coefficient (Wildman–Crippen LogP) is 1.28. The van der Waals surface area contributed by atoms with Crippen molar-refractivity contribution in [3.63, 3.8) is 0 Å². The Morgan fingerprint density at radius 1 is 1.13 bits per heavy atom. The first-order valence-electron chi connectivity index (χ1n) is 9.02. The molecule has 0 radical (unpaired) electrons. The maximum Gasteiger partial charge on any atom is 0.348 e. The summed E-state index contributed by atoms with van der Waals surface area (Å²) in [4.78, 5) is 26.3. The third kappa shape index (κ3) is 4.24. The van der Waals surface area contributed by atoms with E-state index in [1.165, 1.54) is 50.4 Å². The van der Waals surface area contributed by atoms with Gasteiger partial charge in [-0.15, -0.1) is 0 Å². The zero-order valence-electron chi connectivity index (χ0n) is 16.8. The van der Waals surface area contributed by atoms with Gasteiger partial charge < -0.3 is 19.1 Å². The summed E-state index contributed by atoms with van der Waals surface area (Å²) in [5.41, 5.74) is 0.456. The summed E-state index contributed by atoms with van der Waals surface area (Å²) in [5.74, 6) is -0.264. The second-order valence-electron chi connectivity index (χ2n) is 6.54. The second kappa shape index (κ2) is 8.72. The Morgan fingerprint density at radius 2 is 1.80 bits per heavy atom. The summed E-state index contributed by atoms with van der Waals surface area (Å²) in [7, 11) is 0.131. The molecule has 0 fully saturated rings. The molecule has 1 heterocycles. The van der Waals surface area contributed by atoms with Crippen LogP contribution < -0.4 is 14.4 Å². The fraction of sp³-hybridized carbons (Fsp3) is 0.300. The molecule has 10 heteroatoms. The zero-order chi connectivity index (χ0) is 21.9. The lowest BCUT2D eigenvalue weighted by atomic mass is 10.2. The minimum Gasteiger partial charge on any atom is -0.497 e. The molecular weight excluding hydrogens is 412 g/mol. The van der Waals surface area contributed by atoms with Gasteiger partial charge in [-0.1, -0.05) is 12.1 Å². The van der Waals surface area contributed by atoms with Crippen molar-refractivity contribution >= 4 is 27.6 Å². The second-order valence-corrected chi connectivity index (χ2v) is 8.58. The Kier molecular flexibility index (Phi) is 6.28. The molecule has 0 aliphatic carbocycles. The number of hydrogen-bond donors (Lipinski definition) is 0. The van der Waals surface area contributed by atoms with Crippen LogP contribution in [-0.4, -0.2) is 65.1 Å². The quantitative estimate of drug-likeness (QED) is 0.631. The molecule has 0 saturated carbocycles. The van der Waals surface area contributed by atoms with Crippen molar-refractivity contribution in [2.24, 2.45) is 0 Å². The SMILES string of the molecule is COC(=O)[C@H]1CN(C(=O)CN(C)S(=O)(=O)c2ccc(OC)cc2)c2ccccc2O1. The van der Waals surface area contributed by atoms with Crippen LogP contribution in [0.5, 0.6) is 11.5 Å². The maximum atomic E-state index is 13.0. The van der Waals surface area contributed by atoms with Crippen LogP contribution in [0.15, 0.2) is 53.4 Å². The molecule has 9 nitrogen and oxygen atoms in total. The number of rotatable bonds is 6. The molecule has 3 rings (SSSR count). The van der Waals surface area contributed by atoms with Gasteiger partial charge in [0.2, 0.25) is 22.0 Å². The van der Waals surface area contributed by atoms with E-state index in [0.29, 0.717) is 17.2 Å². The third-order valence-electron chi connectivity index (χ3n) is 4.66. The van der Waals surface area contributed by atoms with Gasteiger partial charge in [-0.2, -0.15) is 4.31 Å². The molecule has 0 saturated heterocycles. The molecule has 0 unspecified atom stereocenters. The first kappa shape index (κ1) is 21.6. The van der Waals surface area contributed by atoms with Crippen LogP contribution in [0.2, 0.25) is 0 Å². The van der Waals surface area contributed by atoms with Gasteiger partial charge in [0, 0.05) is 7.05 Å². The van der Waals surface area contributed by atoms with Crippen LogP contribution >= 0.6 is 0 Å². The molecular formula is C20H22N2O7S. The van der Waals surface area contributed by atoms with Crippen molar-refractivity contribution in [2.75, 3.05) is 39.3 Å². The van der Waals surface area contributed by atoms with Gasteiger partial charge in [-0.25, -0.2) is 13.2 Å².